The zero-order valence-electron chi connectivity index (χ0n) is 13.9. The molecule has 0 spiro atoms. The molecule has 0 saturated heterocycles. The summed E-state index contributed by atoms with van der Waals surface area (Å²) in [6.45, 7) is 3.52. The van der Waals surface area contributed by atoms with E-state index in [4.69, 9.17) is 9.84 Å². The van der Waals surface area contributed by atoms with Gasteiger partial charge in [0.15, 0.2) is 0 Å². The lowest BCUT2D eigenvalue weighted by Gasteiger charge is -2.28. The Kier molecular flexibility index (Phi) is 5.35. The van der Waals surface area contributed by atoms with Crippen molar-refractivity contribution in [2.75, 3.05) is 13.7 Å². The molecule has 0 saturated carbocycles. The number of aliphatic carboxylic acids is 1. The maximum absolute atomic E-state index is 12.6. The molecule has 2 rings (SSSR count). The molecule has 0 bridgehead atoms. The van der Waals surface area contributed by atoms with Crippen LogP contribution in [-0.2, 0) is 9.53 Å². The minimum absolute atomic E-state index is 0.0942. The van der Waals surface area contributed by atoms with Gasteiger partial charge in [0.05, 0.1) is 41.7 Å². The van der Waals surface area contributed by atoms with Gasteiger partial charge in [0.25, 0.3) is 5.91 Å². The van der Waals surface area contributed by atoms with Crippen LogP contribution in [0, 0.1) is 6.92 Å². The molecule has 24 heavy (non-hydrogen) atoms. The van der Waals surface area contributed by atoms with Crippen LogP contribution in [-0.4, -0.2) is 46.0 Å². The van der Waals surface area contributed by atoms with Crippen molar-refractivity contribution in [2.45, 2.75) is 25.8 Å². The van der Waals surface area contributed by atoms with Crippen LogP contribution in [0.2, 0.25) is 0 Å². The second kappa shape index (κ2) is 7.27. The Hall–Kier alpha value is -2.67. The highest BCUT2D eigenvalue weighted by Crippen LogP contribution is 2.16. The minimum atomic E-state index is -1.01. The van der Waals surface area contributed by atoms with Gasteiger partial charge in [-0.2, -0.15) is 5.10 Å². The topological polar surface area (TPSA) is 93.4 Å². The summed E-state index contributed by atoms with van der Waals surface area (Å²) >= 11 is 0. The first-order chi connectivity index (χ1) is 11.4. The number of carbonyl (C=O) groups is 2. The average Bonchev–Trinajstić information content (AvgIpc) is 2.89. The number of hydrogen-bond acceptors (Lipinski definition) is 4. The van der Waals surface area contributed by atoms with Gasteiger partial charge in [-0.1, -0.05) is 18.2 Å². The van der Waals surface area contributed by atoms with Crippen molar-refractivity contribution in [3.8, 4) is 5.69 Å². The number of nitrogens with zero attached hydrogens (tertiary/aromatic N) is 2. The van der Waals surface area contributed by atoms with Crippen LogP contribution in [0.4, 0.5) is 0 Å². The molecule has 0 radical (unpaired) electrons. The lowest BCUT2D eigenvalue weighted by Crippen LogP contribution is -2.50. The smallest absolute Gasteiger partial charge is 0.305 e. The Morgan fingerprint density at radius 1 is 1.33 bits per heavy atom. The van der Waals surface area contributed by atoms with Gasteiger partial charge in [-0.25, -0.2) is 4.68 Å². The molecular weight excluding hydrogens is 310 g/mol. The van der Waals surface area contributed by atoms with Gasteiger partial charge in [-0.05, 0) is 26.0 Å². The van der Waals surface area contributed by atoms with Crippen LogP contribution in [0.1, 0.15) is 29.4 Å². The number of carboxylic acids is 1. The number of methoxy groups -OCH3 is 1. The molecule has 1 heterocycles. The molecule has 7 heteroatoms. The van der Waals surface area contributed by atoms with Crippen molar-refractivity contribution >= 4 is 11.9 Å². The lowest BCUT2D eigenvalue weighted by molar-refractivity contribution is -0.139. The predicted octanol–water partition coefficient (Wildman–Crippen LogP) is 1.79. The summed E-state index contributed by atoms with van der Waals surface area (Å²) in [4.78, 5) is 23.6. The largest absolute Gasteiger partial charge is 0.481 e. The molecule has 2 N–H and O–H groups in total. The molecule has 1 aromatic heterocycles. The van der Waals surface area contributed by atoms with Crippen LogP contribution in [0.5, 0.6) is 0 Å². The van der Waals surface area contributed by atoms with E-state index in [2.05, 4.69) is 10.4 Å². The summed E-state index contributed by atoms with van der Waals surface area (Å²) in [5.41, 5.74) is 0.915. The summed E-state index contributed by atoms with van der Waals surface area (Å²) in [6.07, 6.45) is 1.24. The van der Waals surface area contributed by atoms with Gasteiger partial charge in [0.1, 0.15) is 0 Å². The fraction of sp³-hybridized carbons (Fsp3) is 0.353. The summed E-state index contributed by atoms with van der Waals surface area (Å²) in [5.74, 6) is -1.39. The van der Waals surface area contributed by atoms with Crippen molar-refractivity contribution < 1.29 is 19.4 Å². The van der Waals surface area contributed by atoms with E-state index in [0.717, 1.165) is 5.69 Å². The number of rotatable bonds is 7. The predicted molar refractivity (Wildman–Crippen MR) is 88.3 cm³/mol. The molecule has 2 aromatic rings. The Morgan fingerprint density at radius 3 is 2.58 bits per heavy atom. The molecule has 1 aromatic carbocycles. The number of ether oxygens (including phenoxy) is 1. The van der Waals surface area contributed by atoms with Gasteiger partial charge in [0, 0.05) is 7.11 Å². The monoisotopic (exact) mass is 331 g/mol. The second-order valence-corrected chi connectivity index (χ2v) is 5.91. The van der Waals surface area contributed by atoms with E-state index >= 15 is 0 Å². The molecule has 0 aliphatic heterocycles. The zero-order chi connectivity index (χ0) is 17.7. The highest BCUT2D eigenvalue weighted by Gasteiger charge is 2.31. The van der Waals surface area contributed by atoms with Crippen LogP contribution in [0.25, 0.3) is 5.69 Å². The summed E-state index contributed by atoms with van der Waals surface area (Å²) in [7, 11) is 1.46. The van der Waals surface area contributed by atoms with Crippen molar-refractivity contribution in [3.05, 3.63) is 47.8 Å². The van der Waals surface area contributed by atoms with Crippen molar-refractivity contribution in [1.29, 1.82) is 0 Å². The lowest BCUT2D eigenvalue weighted by atomic mass is 9.98. The quantitative estimate of drug-likeness (QED) is 0.807. The SMILES string of the molecule is COCC(C)(CC(=O)O)NC(=O)c1cnn(-c2ccccc2)c1C. The Balaban J connectivity index is 2.24. The van der Waals surface area contributed by atoms with Crippen LogP contribution >= 0.6 is 0 Å². The van der Waals surface area contributed by atoms with E-state index in [-0.39, 0.29) is 18.9 Å². The fourth-order valence-electron chi connectivity index (χ4n) is 2.59. The first kappa shape index (κ1) is 17.7. The summed E-state index contributed by atoms with van der Waals surface area (Å²) < 4.78 is 6.72. The molecule has 1 atom stereocenters. The normalized spacial score (nSPS) is 13.3. The van der Waals surface area contributed by atoms with E-state index in [1.165, 1.54) is 13.3 Å². The molecule has 1 amide bonds. The second-order valence-electron chi connectivity index (χ2n) is 5.91. The molecule has 0 fully saturated rings. The number of nitrogens with one attached hydrogen (secondary N) is 1. The van der Waals surface area contributed by atoms with Crippen molar-refractivity contribution in [1.82, 2.24) is 15.1 Å². The van der Waals surface area contributed by atoms with Crippen LogP contribution in [0.3, 0.4) is 0 Å². The number of carbonyl (C=O) groups excluding carboxylic acids is 1. The van der Waals surface area contributed by atoms with Gasteiger partial charge < -0.3 is 15.2 Å². The number of hydrogen-bond donors (Lipinski definition) is 2. The fourth-order valence-corrected chi connectivity index (χ4v) is 2.59. The van der Waals surface area contributed by atoms with E-state index in [1.807, 2.05) is 30.3 Å². The summed E-state index contributed by atoms with van der Waals surface area (Å²) in [6, 6.07) is 9.46. The number of aromatic nitrogens is 2. The highest BCUT2D eigenvalue weighted by molar-refractivity contribution is 5.96. The molecule has 0 aliphatic carbocycles. The number of para-hydroxylation sites is 1. The van der Waals surface area contributed by atoms with E-state index in [9.17, 15) is 9.59 Å². The Morgan fingerprint density at radius 2 is 2.00 bits per heavy atom. The van der Waals surface area contributed by atoms with Gasteiger partial charge in [-0.3, -0.25) is 9.59 Å². The standard InChI is InChI=1S/C17H21N3O4/c1-12-14(10-18-20(12)13-7-5-4-6-8-13)16(23)19-17(2,11-24-3)9-15(21)22/h4-8,10H,9,11H2,1-3H3,(H,19,23)(H,21,22). The third-order valence-corrected chi connectivity index (χ3v) is 3.67. The third-order valence-electron chi connectivity index (χ3n) is 3.67. The van der Waals surface area contributed by atoms with E-state index < -0.39 is 11.5 Å². The number of amides is 1. The van der Waals surface area contributed by atoms with E-state index in [1.54, 1.807) is 18.5 Å². The summed E-state index contributed by atoms with van der Waals surface area (Å²) in [5, 5.41) is 16.0. The molecule has 128 valence electrons. The van der Waals surface area contributed by atoms with Gasteiger partial charge in [-0.15, -0.1) is 0 Å². The van der Waals surface area contributed by atoms with Crippen LogP contribution < -0.4 is 5.32 Å². The molecule has 7 nitrogen and oxygen atoms in total. The van der Waals surface area contributed by atoms with Crippen molar-refractivity contribution in [3.63, 3.8) is 0 Å². The maximum atomic E-state index is 12.6. The zero-order valence-corrected chi connectivity index (χ0v) is 13.9. The van der Waals surface area contributed by atoms with Crippen LogP contribution in [0.15, 0.2) is 36.5 Å². The molecular formula is C17H21N3O4. The number of benzene rings is 1. The van der Waals surface area contributed by atoms with E-state index in [0.29, 0.717) is 11.3 Å². The molecule has 1 unspecified atom stereocenters. The maximum Gasteiger partial charge on any atom is 0.305 e. The highest BCUT2D eigenvalue weighted by atomic mass is 16.5. The minimum Gasteiger partial charge on any atom is -0.481 e. The van der Waals surface area contributed by atoms with Gasteiger partial charge in [0.2, 0.25) is 0 Å². The molecule has 0 aliphatic rings. The number of carboxylic acid groups (broad SMARTS) is 1. The Labute approximate surface area is 140 Å². The first-order valence-corrected chi connectivity index (χ1v) is 7.49. The van der Waals surface area contributed by atoms with Gasteiger partial charge >= 0.3 is 5.97 Å². The average molecular weight is 331 g/mol. The first-order valence-electron chi connectivity index (χ1n) is 7.49. The third kappa shape index (κ3) is 3.99. The Bertz CT molecular complexity index is 727. The van der Waals surface area contributed by atoms with Crippen molar-refractivity contribution in [2.24, 2.45) is 0 Å².